The van der Waals surface area contributed by atoms with E-state index in [0.717, 1.165) is 18.2 Å². The molecule has 3 nitrogen and oxygen atoms in total. The lowest BCUT2D eigenvalue weighted by Crippen LogP contribution is -2.01. The molecule has 4 heteroatoms. The van der Waals surface area contributed by atoms with Crippen LogP contribution in [0.25, 0.3) is 0 Å². The fourth-order valence-electron chi connectivity index (χ4n) is 1.35. The summed E-state index contributed by atoms with van der Waals surface area (Å²) in [5.74, 6) is 0.888. The third-order valence-corrected chi connectivity index (χ3v) is 2.88. The summed E-state index contributed by atoms with van der Waals surface area (Å²) < 4.78 is 3.30. The largest absolute Gasteiger partial charge is 0.326 e. The number of aromatic nitrogens is 2. The van der Waals surface area contributed by atoms with E-state index in [2.05, 4.69) is 68.6 Å². The Labute approximate surface area is 103 Å². The first kappa shape index (κ1) is 10.5. The van der Waals surface area contributed by atoms with Crippen molar-refractivity contribution in [2.45, 2.75) is 13.5 Å². The van der Waals surface area contributed by atoms with E-state index in [4.69, 9.17) is 0 Å². The van der Waals surface area contributed by atoms with Crippen molar-refractivity contribution >= 4 is 34.2 Å². The Bertz CT molecular complexity index is 433. The molecule has 0 aliphatic carbocycles. The highest BCUT2D eigenvalue weighted by Gasteiger charge is 2.00. The van der Waals surface area contributed by atoms with Gasteiger partial charge < -0.3 is 9.88 Å². The monoisotopic (exact) mass is 313 g/mol. The van der Waals surface area contributed by atoms with Crippen molar-refractivity contribution in [3.8, 4) is 0 Å². The SMILES string of the molecule is CCn1ccnc1Nc1ccc(I)cc1. The van der Waals surface area contributed by atoms with Gasteiger partial charge in [-0.25, -0.2) is 4.98 Å². The lowest BCUT2D eigenvalue weighted by Gasteiger charge is -2.07. The maximum Gasteiger partial charge on any atom is 0.207 e. The molecule has 0 spiro atoms. The van der Waals surface area contributed by atoms with Gasteiger partial charge in [-0.2, -0.15) is 0 Å². The summed E-state index contributed by atoms with van der Waals surface area (Å²) in [6, 6.07) is 8.25. The zero-order valence-corrected chi connectivity index (χ0v) is 10.6. The number of hydrogen-bond donors (Lipinski definition) is 1. The smallest absolute Gasteiger partial charge is 0.207 e. The molecule has 0 saturated heterocycles. The number of benzene rings is 1. The van der Waals surface area contributed by atoms with Crippen LogP contribution in [0.1, 0.15) is 6.92 Å². The predicted octanol–water partition coefficient (Wildman–Crippen LogP) is 3.25. The Morgan fingerprint density at radius 3 is 2.73 bits per heavy atom. The minimum atomic E-state index is 0.888. The number of anilines is 2. The van der Waals surface area contributed by atoms with Gasteiger partial charge in [-0.1, -0.05) is 0 Å². The topological polar surface area (TPSA) is 29.9 Å². The number of imidazole rings is 1. The molecule has 0 radical (unpaired) electrons. The molecule has 1 aromatic heterocycles. The highest BCUT2D eigenvalue weighted by atomic mass is 127. The molecule has 2 aromatic rings. The molecule has 2 rings (SSSR count). The Morgan fingerprint density at radius 2 is 2.07 bits per heavy atom. The van der Waals surface area contributed by atoms with Crippen molar-refractivity contribution < 1.29 is 0 Å². The molecule has 0 amide bonds. The second-order valence-electron chi connectivity index (χ2n) is 3.17. The number of nitrogens with one attached hydrogen (secondary N) is 1. The van der Waals surface area contributed by atoms with Crippen molar-refractivity contribution in [3.05, 3.63) is 40.2 Å². The summed E-state index contributed by atoms with van der Waals surface area (Å²) >= 11 is 2.29. The number of nitrogens with zero attached hydrogens (tertiary/aromatic N) is 2. The van der Waals surface area contributed by atoms with Crippen LogP contribution in [0.4, 0.5) is 11.6 Å². The van der Waals surface area contributed by atoms with Gasteiger partial charge in [-0.3, -0.25) is 0 Å². The summed E-state index contributed by atoms with van der Waals surface area (Å²) in [4.78, 5) is 4.25. The van der Waals surface area contributed by atoms with Crippen LogP contribution in [0.15, 0.2) is 36.7 Å². The third kappa shape index (κ3) is 2.50. The van der Waals surface area contributed by atoms with Crippen molar-refractivity contribution in [1.29, 1.82) is 0 Å². The van der Waals surface area contributed by atoms with E-state index in [1.54, 1.807) is 6.20 Å². The Hall–Kier alpha value is -1.04. The van der Waals surface area contributed by atoms with Gasteiger partial charge in [0.1, 0.15) is 0 Å². The molecule has 78 valence electrons. The van der Waals surface area contributed by atoms with Crippen molar-refractivity contribution in [1.82, 2.24) is 9.55 Å². The Morgan fingerprint density at radius 1 is 1.33 bits per heavy atom. The van der Waals surface area contributed by atoms with Crippen LogP contribution < -0.4 is 5.32 Å². The molecular formula is C11H12IN3. The summed E-state index contributed by atoms with van der Waals surface area (Å²) in [6.45, 7) is 3.02. The minimum absolute atomic E-state index is 0.888. The van der Waals surface area contributed by atoms with E-state index >= 15 is 0 Å². The van der Waals surface area contributed by atoms with Crippen LogP contribution in [0.2, 0.25) is 0 Å². The van der Waals surface area contributed by atoms with Gasteiger partial charge in [0.25, 0.3) is 0 Å². The fraction of sp³-hybridized carbons (Fsp3) is 0.182. The molecule has 0 aliphatic rings. The molecule has 15 heavy (non-hydrogen) atoms. The van der Waals surface area contributed by atoms with Gasteiger partial charge in [-0.15, -0.1) is 0 Å². The highest BCUT2D eigenvalue weighted by Crippen LogP contribution is 2.16. The van der Waals surface area contributed by atoms with E-state index < -0.39 is 0 Å². The highest BCUT2D eigenvalue weighted by molar-refractivity contribution is 14.1. The Kier molecular flexibility index (Phi) is 3.25. The van der Waals surface area contributed by atoms with Crippen LogP contribution in [-0.4, -0.2) is 9.55 Å². The quantitative estimate of drug-likeness (QED) is 0.882. The van der Waals surface area contributed by atoms with Gasteiger partial charge in [0.05, 0.1) is 0 Å². The van der Waals surface area contributed by atoms with Crippen LogP contribution in [0.3, 0.4) is 0 Å². The molecule has 0 aliphatic heterocycles. The minimum Gasteiger partial charge on any atom is -0.326 e. The van der Waals surface area contributed by atoms with E-state index in [0.29, 0.717) is 0 Å². The van der Waals surface area contributed by atoms with Crippen LogP contribution >= 0.6 is 22.6 Å². The van der Waals surface area contributed by atoms with Gasteiger partial charge in [0.15, 0.2) is 0 Å². The number of aryl methyl sites for hydroxylation is 1. The maximum atomic E-state index is 4.25. The number of halogens is 1. The summed E-state index contributed by atoms with van der Waals surface area (Å²) in [5, 5.41) is 3.28. The Balaban J connectivity index is 2.18. The first-order valence-corrected chi connectivity index (χ1v) is 5.91. The van der Waals surface area contributed by atoms with Gasteiger partial charge in [0.2, 0.25) is 5.95 Å². The van der Waals surface area contributed by atoms with E-state index in [9.17, 15) is 0 Å². The van der Waals surface area contributed by atoms with Crippen molar-refractivity contribution in [2.24, 2.45) is 0 Å². The normalized spacial score (nSPS) is 10.3. The lowest BCUT2D eigenvalue weighted by atomic mass is 10.3. The fourth-order valence-corrected chi connectivity index (χ4v) is 1.71. The van der Waals surface area contributed by atoms with Crippen molar-refractivity contribution in [3.63, 3.8) is 0 Å². The molecule has 0 bridgehead atoms. The van der Waals surface area contributed by atoms with Crippen LogP contribution in [-0.2, 0) is 6.54 Å². The summed E-state index contributed by atoms with van der Waals surface area (Å²) in [5.41, 5.74) is 1.07. The van der Waals surface area contributed by atoms with Crippen LogP contribution in [0.5, 0.6) is 0 Å². The van der Waals surface area contributed by atoms with Gasteiger partial charge in [0, 0.05) is 28.2 Å². The second-order valence-corrected chi connectivity index (χ2v) is 4.41. The van der Waals surface area contributed by atoms with Gasteiger partial charge in [-0.05, 0) is 53.8 Å². The molecule has 0 fully saturated rings. The first-order chi connectivity index (χ1) is 7.29. The molecule has 0 atom stereocenters. The molecule has 1 aromatic carbocycles. The average Bonchev–Trinajstić information content (AvgIpc) is 2.69. The van der Waals surface area contributed by atoms with E-state index in [1.165, 1.54) is 3.57 Å². The first-order valence-electron chi connectivity index (χ1n) is 4.83. The molecule has 1 heterocycles. The van der Waals surface area contributed by atoms with E-state index in [1.807, 2.05) is 6.20 Å². The number of rotatable bonds is 3. The van der Waals surface area contributed by atoms with E-state index in [-0.39, 0.29) is 0 Å². The molecule has 0 saturated carbocycles. The average molecular weight is 313 g/mol. The second kappa shape index (κ2) is 4.65. The predicted molar refractivity (Wildman–Crippen MR) is 70.3 cm³/mol. The molecular weight excluding hydrogens is 301 g/mol. The molecule has 1 N–H and O–H groups in total. The lowest BCUT2D eigenvalue weighted by molar-refractivity contribution is 0.772. The maximum absolute atomic E-state index is 4.25. The zero-order valence-electron chi connectivity index (χ0n) is 8.44. The zero-order chi connectivity index (χ0) is 10.7. The van der Waals surface area contributed by atoms with Crippen LogP contribution in [0, 0.1) is 3.57 Å². The summed E-state index contributed by atoms with van der Waals surface area (Å²) in [6.07, 6.45) is 3.77. The standard InChI is InChI=1S/C11H12IN3/c1-2-15-8-7-13-11(15)14-10-5-3-9(12)4-6-10/h3-8H,2H2,1H3,(H,13,14). The molecule has 0 unspecified atom stereocenters. The summed E-state index contributed by atoms with van der Waals surface area (Å²) in [7, 11) is 0. The number of hydrogen-bond acceptors (Lipinski definition) is 2. The van der Waals surface area contributed by atoms with Gasteiger partial charge >= 0.3 is 0 Å². The third-order valence-electron chi connectivity index (χ3n) is 2.16. The van der Waals surface area contributed by atoms with Crippen molar-refractivity contribution in [2.75, 3.05) is 5.32 Å².